The molecule has 13 rings (SSSR count). The predicted octanol–water partition coefficient (Wildman–Crippen LogP) is 13.7. The lowest BCUT2D eigenvalue weighted by atomic mass is 10.1. The average Bonchev–Trinajstić information content (AvgIpc) is 4.01. The van der Waals surface area contributed by atoms with Gasteiger partial charge in [-0.1, -0.05) is 96.9 Å². The summed E-state index contributed by atoms with van der Waals surface area (Å²) in [6.07, 6.45) is 2.71. The minimum absolute atomic E-state index is 0. The lowest BCUT2D eigenvalue weighted by molar-refractivity contribution is 0.298. The highest BCUT2D eigenvalue weighted by atomic mass is 32.1. The average molecular weight is 1080 g/mol. The highest BCUT2D eigenvalue weighted by Gasteiger charge is 2.30. The second kappa shape index (κ2) is 22.0. The van der Waals surface area contributed by atoms with Crippen LogP contribution in [0.15, 0.2) is 87.8 Å². The molecule has 77 heavy (non-hydrogen) atoms. The fraction of sp³-hybridized carbons (Fsp3) is 0.323. The van der Waals surface area contributed by atoms with Crippen LogP contribution >= 0.6 is 34.0 Å². The van der Waals surface area contributed by atoms with Crippen molar-refractivity contribution in [2.24, 2.45) is 15.0 Å². The van der Waals surface area contributed by atoms with Crippen molar-refractivity contribution in [2.45, 2.75) is 128 Å². The van der Waals surface area contributed by atoms with Gasteiger partial charge in [0.25, 0.3) is 0 Å². The maximum Gasteiger partial charge on any atom is 0.144 e. The van der Waals surface area contributed by atoms with Crippen molar-refractivity contribution in [1.29, 1.82) is 0 Å². The third-order valence-corrected chi connectivity index (χ3v) is 17.9. The molecule has 12 nitrogen and oxygen atoms in total. The van der Waals surface area contributed by atoms with E-state index in [1.807, 2.05) is 20.8 Å². The van der Waals surface area contributed by atoms with Gasteiger partial charge in [-0.05, 0) is 91.8 Å². The first-order valence-electron chi connectivity index (χ1n) is 25.9. The zero-order chi connectivity index (χ0) is 52.9. The summed E-state index contributed by atoms with van der Waals surface area (Å²) in [4.78, 5) is 35.0. The van der Waals surface area contributed by atoms with Gasteiger partial charge in [0.1, 0.15) is 49.2 Å². The van der Waals surface area contributed by atoms with E-state index in [0.717, 1.165) is 115 Å². The maximum atomic E-state index is 10.2. The molecule has 0 spiro atoms. The maximum absolute atomic E-state index is 10.2. The van der Waals surface area contributed by atoms with Gasteiger partial charge in [-0.2, -0.15) is 0 Å². The largest absolute Gasteiger partial charge is 0.506 e. The van der Waals surface area contributed by atoms with Crippen LogP contribution < -0.4 is 25.4 Å². The topological polar surface area (TPSA) is 151 Å². The third-order valence-electron chi connectivity index (χ3n) is 14.5. The Morgan fingerprint density at radius 3 is 1.18 bits per heavy atom. The number of benzene rings is 3. The highest BCUT2D eigenvalue weighted by Crippen LogP contribution is 2.43. The molecular formula is C62H67N9O3S3. The minimum Gasteiger partial charge on any atom is -0.506 e. The van der Waals surface area contributed by atoms with E-state index in [2.05, 4.69) is 140 Å². The number of fused-ring (bicyclic) bond motifs is 9. The van der Waals surface area contributed by atoms with Crippen LogP contribution in [0.25, 0.3) is 30.6 Å². The second-order valence-electron chi connectivity index (χ2n) is 20.3. The minimum atomic E-state index is 0. The van der Waals surface area contributed by atoms with Crippen LogP contribution in [0.2, 0.25) is 0 Å². The molecule has 1 fully saturated rings. The second-order valence-corrected chi connectivity index (χ2v) is 23.3. The molecule has 0 saturated heterocycles. The number of aromatic nitrogens is 3. The predicted molar refractivity (Wildman–Crippen MR) is 321 cm³/mol. The normalized spacial score (nSPS) is 13.9. The summed E-state index contributed by atoms with van der Waals surface area (Å²) >= 11 is 5.12. The molecule has 6 aromatic heterocycles. The summed E-state index contributed by atoms with van der Waals surface area (Å²) in [6.45, 7) is 22.8. The molecule has 0 radical (unpaired) electrons. The number of aliphatic imine (C=N–C) groups is 3. The first-order chi connectivity index (χ1) is 36.7. The molecule has 4 aliphatic rings. The Bertz CT molecular complexity index is 3810. The number of nitrogens with zero attached hydrogens (tertiary/aromatic N) is 6. The molecule has 1 saturated carbocycles. The van der Waals surface area contributed by atoms with Crippen LogP contribution in [0.1, 0.15) is 119 Å². The number of pyridine rings is 3. The molecular weight excluding hydrogens is 1010 g/mol. The number of methoxy groups -OCH3 is 1. The van der Waals surface area contributed by atoms with E-state index in [1.165, 1.54) is 76.2 Å². The number of amidine groups is 3. The molecule has 0 atom stereocenters. The molecule has 0 amide bonds. The Labute approximate surface area is 463 Å². The monoisotopic (exact) mass is 1080 g/mol. The molecule has 0 unspecified atom stereocenters. The lowest BCUT2D eigenvalue weighted by Crippen LogP contribution is -2.21. The summed E-state index contributed by atoms with van der Waals surface area (Å²) in [6, 6.07) is 25.7. The summed E-state index contributed by atoms with van der Waals surface area (Å²) in [5, 5.41) is 24.2. The number of aromatic hydroxyl groups is 1. The standard InChI is InChI=1S/C22H23N3OS.C20H21N3OS.C19H19N3OS.CH4/c1-12-4-6-15(7-5-12)10-23-21-20-17(11-24-21)18-13(2)19(26-16-8-9-16)14(3)25-22(18)27-20;1-11-5-7-14(8-6-11)9-21-19-18-15(10-22-19)16-12(2)17(24-4)13(3)23-20(16)25-18;1-10-4-6-13(7-5-10)8-20-18-17-14(9-21-18)15-11(2)16(23)12(3)22-19(15)24-17;/h4-7,16H,8-11H2,1-3H3,(H,23,24);5-8H,9-10H2,1-4H3,(H,21,22);4-7,23H,8-9H2,1-3H3,(H,20,21);1H4. The molecule has 4 N–H and O–H groups in total. The summed E-state index contributed by atoms with van der Waals surface area (Å²) < 4.78 is 11.7. The quantitative estimate of drug-likeness (QED) is 0.111. The Morgan fingerprint density at radius 1 is 0.481 bits per heavy atom. The van der Waals surface area contributed by atoms with Gasteiger partial charge in [-0.25, -0.2) is 15.0 Å². The Morgan fingerprint density at radius 2 is 0.818 bits per heavy atom. The third kappa shape index (κ3) is 10.6. The van der Waals surface area contributed by atoms with Crippen molar-refractivity contribution in [3.05, 3.63) is 171 Å². The van der Waals surface area contributed by atoms with Crippen LogP contribution in [-0.2, 0) is 39.3 Å². The first-order valence-corrected chi connectivity index (χ1v) is 28.4. The van der Waals surface area contributed by atoms with Gasteiger partial charge in [-0.3, -0.25) is 15.0 Å². The van der Waals surface area contributed by atoms with Gasteiger partial charge < -0.3 is 30.5 Å². The molecule has 9 aromatic rings. The molecule has 0 bridgehead atoms. The van der Waals surface area contributed by atoms with Crippen LogP contribution in [-0.4, -0.2) is 50.8 Å². The number of rotatable bonds is 9. The van der Waals surface area contributed by atoms with E-state index >= 15 is 0 Å². The number of thiophene rings is 3. The number of hydrogen-bond donors (Lipinski definition) is 4. The van der Waals surface area contributed by atoms with E-state index in [-0.39, 0.29) is 7.43 Å². The number of hydrogen-bond acceptors (Lipinski definition) is 15. The first kappa shape index (κ1) is 53.2. The lowest BCUT2D eigenvalue weighted by Gasteiger charge is -2.12. The van der Waals surface area contributed by atoms with Gasteiger partial charge in [0.15, 0.2) is 0 Å². The molecule has 1 aliphatic carbocycles. The zero-order valence-electron chi connectivity index (χ0n) is 44.8. The Balaban J connectivity index is 0.000000130. The molecule has 3 aromatic carbocycles. The smallest absolute Gasteiger partial charge is 0.144 e. The van der Waals surface area contributed by atoms with Crippen LogP contribution in [0.3, 0.4) is 0 Å². The van der Waals surface area contributed by atoms with E-state index in [9.17, 15) is 5.11 Å². The SMILES string of the molecule is C.COc1c(C)nc2sc3c(c2c1C)CN=C3NCc1ccc(C)cc1.Cc1ccc(CNC2=NCc3c2sc2nc(C)c(O)c(C)c32)cc1.Cc1ccc(CNC2=NCc3c2sc2nc(C)c(OC4CC4)c(C)c32)cc1. The summed E-state index contributed by atoms with van der Waals surface area (Å²) in [5.41, 5.74) is 17.3. The van der Waals surface area contributed by atoms with E-state index < -0.39 is 0 Å². The number of ether oxygens (including phenoxy) is 2. The van der Waals surface area contributed by atoms with Crippen LogP contribution in [0, 0.1) is 62.3 Å². The fourth-order valence-electron chi connectivity index (χ4n) is 10.1. The molecule has 9 heterocycles. The van der Waals surface area contributed by atoms with Gasteiger partial charge in [0.2, 0.25) is 0 Å². The van der Waals surface area contributed by atoms with Crippen molar-refractivity contribution in [3.8, 4) is 17.2 Å². The molecule has 15 heteroatoms. The highest BCUT2D eigenvalue weighted by molar-refractivity contribution is 7.21. The van der Waals surface area contributed by atoms with E-state index in [0.29, 0.717) is 30.6 Å². The van der Waals surface area contributed by atoms with Gasteiger partial charge in [0.05, 0.1) is 64.6 Å². The number of aryl methyl sites for hydroxylation is 9. The number of nitrogens with one attached hydrogen (secondary N) is 3. The Kier molecular flexibility index (Phi) is 15.2. The van der Waals surface area contributed by atoms with Crippen LogP contribution in [0.5, 0.6) is 17.2 Å². The van der Waals surface area contributed by atoms with Crippen molar-refractivity contribution < 1.29 is 14.6 Å². The summed E-state index contributed by atoms with van der Waals surface area (Å²) in [5.74, 6) is 5.07. The van der Waals surface area contributed by atoms with Crippen LogP contribution in [0.4, 0.5) is 0 Å². The van der Waals surface area contributed by atoms with Gasteiger partial charge in [-0.15, -0.1) is 34.0 Å². The van der Waals surface area contributed by atoms with E-state index in [1.54, 1.807) is 41.1 Å². The molecule has 396 valence electrons. The van der Waals surface area contributed by atoms with Crippen molar-refractivity contribution >= 4 is 82.2 Å². The van der Waals surface area contributed by atoms with E-state index in [4.69, 9.17) is 29.4 Å². The Hall–Kier alpha value is -7.20. The zero-order valence-corrected chi connectivity index (χ0v) is 47.3. The van der Waals surface area contributed by atoms with Gasteiger partial charge >= 0.3 is 0 Å². The van der Waals surface area contributed by atoms with Crippen molar-refractivity contribution in [2.75, 3.05) is 7.11 Å². The molecule has 3 aliphatic heterocycles. The summed E-state index contributed by atoms with van der Waals surface area (Å²) in [7, 11) is 1.71. The van der Waals surface area contributed by atoms with Crippen molar-refractivity contribution in [3.63, 3.8) is 0 Å². The fourth-order valence-corrected chi connectivity index (χ4v) is 14.0. The van der Waals surface area contributed by atoms with Gasteiger partial charge in [0, 0.05) is 69.2 Å². The van der Waals surface area contributed by atoms with Crippen molar-refractivity contribution in [1.82, 2.24) is 30.9 Å².